The van der Waals surface area contributed by atoms with E-state index in [9.17, 15) is 0 Å². The summed E-state index contributed by atoms with van der Waals surface area (Å²) in [5, 5.41) is 1.50. The third-order valence-corrected chi connectivity index (χ3v) is 11.7. The van der Waals surface area contributed by atoms with Crippen LogP contribution >= 0.6 is 9.24 Å². The van der Waals surface area contributed by atoms with E-state index in [1.54, 1.807) is 6.20 Å². The van der Waals surface area contributed by atoms with E-state index < -0.39 is 0 Å². The molecule has 15 heteroatoms. The first-order valence-corrected chi connectivity index (χ1v) is 19.3. The SMILES string of the molecule is [B]c1c(-c2cc(C)cc(N(N)B(C)Cc3ccccc3)c2P)nc2c3c(nc(OC[C@@H]4CCC5COCCN54)nc13)N(C(C)c1cccnc1N)CCO2. The third-order valence-electron chi connectivity index (χ3n) is 11.1. The molecule has 8 rings (SSSR count). The van der Waals surface area contributed by atoms with Crippen LogP contribution in [0.5, 0.6) is 11.9 Å². The van der Waals surface area contributed by atoms with Crippen LogP contribution in [-0.2, 0) is 11.1 Å². The van der Waals surface area contributed by atoms with Gasteiger partial charge in [-0.2, -0.15) is 9.97 Å². The second-order valence-corrected chi connectivity index (χ2v) is 15.2. The van der Waals surface area contributed by atoms with Gasteiger partial charge in [-0.1, -0.05) is 48.8 Å². The molecule has 3 unspecified atom stereocenters. The van der Waals surface area contributed by atoms with Gasteiger partial charge in [-0.25, -0.2) is 9.97 Å². The Morgan fingerprint density at radius 2 is 1.93 bits per heavy atom. The second-order valence-electron chi connectivity index (χ2n) is 14.6. The molecule has 3 aromatic heterocycles. The number of aromatic nitrogens is 4. The summed E-state index contributed by atoms with van der Waals surface area (Å²) in [5.74, 6) is 8.35. The van der Waals surface area contributed by atoms with Gasteiger partial charge >= 0.3 is 6.01 Å². The van der Waals surface area contributed by atoms with Crippen molar-refractivity contribution < 1.29 is 14.2 Å². The molecular weight excluding hydrogens is 695 g/mol. The minimum atomic E-state index is -0.199. The van der Waals surface area contributed by atoms with Gasteiger partial charge in [0.1, 0.15) is 38.1 Å². The van der Waals surface area contributed by atoms with E-state index in [0.717, 1.165) is 66.6 Å². The van der Waals surface area contributed by atoms with Gasteiger partial charge in [-0.3, -0.25) is 10.7 Å². The Kier molecular flexibility index (Phi) is 10.4. The zero-order chi connectivity index (χ0) is 37.5. The fourth-order valence-electron chi connectivity index (χ4n) is 8.18. The molecule has 0 amide bonds. The van der Waals surface area contributed by atoms with Gasteiger partial charge in [-0.05, 0) is 62.2 Å². The van der Waals surface area contributed by atoms with Crippen LogP contribution in [0.3, 0.4) is 0 Å². The minimum absolute atomic E-state index is 0.0145. The Labute approximate surface area is 320 Å². The van der Waals surface area contributed by atoms with Crippen molar-refractivity contribution in [3.8, 4) is 23.1 Å². The van der Waals surface area contributed by atoms with Crippen LogP contribution in [0.15, 0.2) is 60.8 Å². The molecule has 6 heterocycles. The van der Waals surface area contributed by atoms with Crippen molar-refractivity contribution in [1.82, 2.24) is 24.8 Å². The molecular formula is C39H46B2N9O3P. The molecule has 54 heavy (non-hydrogen) atoms. The summed E-state index contributed by atoms with van der Waals surface area (Å²) in [7, 11) is 10.0. The largest absolute Gasteiger partial charge is 0.475 e. The summed E-state index contributed by atoms with van der Waals surface area (Å²) in [6.45, 7) is 9.98. The highest BCUT2D eigenvalue weighted by Crippen LogP contribution is 2.40. The number of anilines is 3. The number of hydrogen-bond acceptors (Lipinski definition) is 12. The summed E-state index contributed by atoms with van der Waals surface area (Å²) in [6.07, 6.45) is 4.59. The van der Waals surface area contributed by atoms with Gasteiger partial charge in [0.05, 0.1) is 37.0 Å². The number of benzene rings is 2. The number of hydrazine groups is 1. The maximum Gasteiger partial charge on any atom is 0.318 e. The second kappa shape index (κ2) is 15.3. The first-order chi connectivity index (χ1) is 26.2. The van der Waals surface area contributed by atoms with Gasteiger partial charge in [0.15, 0.2) is 0 Å². The molecule has 0 spiro atoms. The Morgan fingerprint density at radius 3 is 2.74 bits per heavy atom. The zero-order valence-corrected chi connectivity index (χ0v) is 32.3. The molecule has 2 aromatic carbocycles. The fraction of sp³-hybridized carbons (Fsp3) is 0.385. The molecule has 0 aliphatic carbocycles. The quantitative estimate of drug-likeness (QED) is 0.0937. The summed E-state index contributed by atoms with van der Waals surface area (Å²) in [6, 6.07) is 19.1. The standard InChI is InChI=1S/C39H46B2N9O3P/c1-23-18-29(35(54)30(19-23)50(43)41(3)20-25-8-5-4-6-9-25)33-32(40)34-31-37(47-39(46-34)53-22-27-12-11-26-21-51-16-14-49(26)27)48(15-17-52-38(31)45-33)24(2)28-10-7-13-44-36(28)42/h4-10,13,18-19,24,26-27H,11-12,14-17,20-22,43,54H2,1-3H3,(H2,42,44)/t24?,26?,27-/m0/s1. The fourth-order valence-corrected chi connectivity index (χ4v) is 8.64. The number of morpholine rings is 1. The van der Waals surface area contributed by atoms with Crippen molar-refractivity contribution in [3.05, 3.63) is 77.5 Å². The van der Waals surface area contributed by atoms with Gasteiger partial charge in [0.25, 0.3) is 6.85 Å². The number of hydrogen-bond donors (Lipinski definition) is 2. The van der Waals surface area contributed by atoms with Gasteiger partial charge in [0, 0.05) is 46.9 Å². The molecule has 2 saturated heterocycles. The molecule has 5 aromatic rings. The summed E-state index contributed by atoms with van der Waals surface area (Å²) >= 11 is 0. The van der Waals surface area contributed by atoms with Crippen molar-refractivity contribution in [1.29, 1.82) is 0 Å². The van der Waals surface area contributed by atoms with Crippen molar-refractivity contribution in [3.63, 3.8) is 0 Å². The highest BCUT2D eigenvalue weighted by molar-refractivity contribution is 7.28. The molecule has 12 nitrogen and oxygen atoms in total. The van der Waals surface area contributed by atoms with E-state index in [0.29, 0.717) is 65.4 Å². The lowest BCUT2D eigenvalue weighted by molar-refractivity contribution is -0.0101. The Hall–Kier alpha value is -4.48. The normalized spacial score (nSPS) is 18.9. The number of fused-ring (bicyclic) bond motifs is 1. The lowest BCUT2D eigenvalue weighted by atomic mass is 9.59. The molecule has 3 aliphatic heterocycles. The molecule has 2 radical (unpaired) electrons. The number of pyridine rings is 2. The van der Waals surface area contributed by atoms with E-state index in [1.165, 1.54) is 5.56 Å². The van der Waals surface area contributed by atoms with E-state index >= 15 is 0 Å². The number of nitrogen functional groups attached to an aromatic ring is 1. The Balaban J connectivity index is 1.22. The summed E-state index contributed by atoms with van der Waals surface area (Å²) < 4.78 is 18.7. The number of ether oxygens (including phenoxy) is 3. The summed E-state index contributed by atoms with van der Waals surface area (Å²) in [4.78, 5) is 26.0. The van der Waals surface area contributed by atoms with Crippen LogP contribution < -0.4 is 41.6 Å². The minimum Gasteiger partial charge on any atom is -0.475 e. The lowest BCUT2D eigenvalue weighted by Gasteiger charge is -2.33. The maximum atomic E-state index is 7.17. The molecule has 276 valence electrons. The molecule has 4 atom stereocenters. The molecule has 0 bridgehead atoms. The maximum absolute atomic E-state index is 7.17. The van der Waals surface area contributed by atoms with Crippen LogP contribution in [0.1, 0.15) is 42.5 Å². The average molecular weight is 741 g/mol. The first kappa shape index (κ1) is 36.5. The van der Waals surface area contributed by atoms with Crippen LogP contribution in [0, 0.1) is 6.92 Å². The van der Waals surface area contributed by atoms with Crippen LogP contribution in [0.2, 0.25) is 6.82 Å². The third kappa shape index (κ3) is 6.96. The highest BCUT2D eigenvalue weighted by Gasteiger charge is 2.36. The predicted octanol–water partition coefficient (Wildman–Crippen LogP) is 3.56. The first-order valence-electron chi connectivity index (χ1n) is 18.7. The van der Waals surface area contributed by atoms with Gasteiger partial charge < -0.3 is 29.8 Å². The summed E-state index contributed by atoms with van der Waals surface area (Å²) in [5.41, 5.74) is 12.7. The van der Waals surface area contributed by atoms with Crippen LogP contribution in [0.4, 0.5) is 17.3 Å². The smallest absolute Gasteiger partial charge is 0.318 e. The Morgan fingerprint density at radius 1 is 1.09 bits per heavy atom. The molecule has 2 fully saturated rings. The topological polar surface area (TPSA) is 141 Å². The van der Waals surface area contributed by atoms with E-state index in [2.05, 4.69) is 62.0 Å². The van der Waals surface area contributed by atoms with Crippen LogP contribution in [-0.4, -0.2) is 91.1 Å². The predicted molar refractivity (Wildman–Crippen MR) is 220 cm³/mol. The molecule has 3 aliphatic rings. The number of nitrogens with zero attached hydrogens (tertiary/aromatic N) is 7. The van der Waals surface area contributed by atoms with Gasteiger partial charge in [0.2, 0.25) is 5.88 Å². The van der Waals surface area contributed by atoms with Gasteiger partial charge in [-0.15, -0.1) is 9.24 Å². The van der Waals surface area contributed by atoms with E-state index in [-0.39, 0.29) is 24.9 Å². The zero-order valence-electron chi connectivity index (χ0n) is 31.1. The molecule has 0 saturated carbocycles. The van der Waals surface area contributed by atoms with Crippen molar-refractivity contribution >= 4 is 62.9 Å². The number of aryl methyl sites for hydroxylation is 1. The highest BCUT2D eigenvalue weighted by atomic mass is 31.0. The Bertz CT molecular complexity index is 2170. The average Bonchev–Trinajstić information content (AvgIpc) is 3.51. The van der Waals surface area contributed by atoms with Crippen molar-refractivity contribution in [2.24, 2.45) is 5.84 Å². The number of nitrogens with two attached hydrogens (primary N) is 2. The van der Waals surface area contributed by atoms with E-state index in [4.69, 9.17) is 48.6 Å². The van der Waals surface area contributed by atoms with Crippen molar-refractivity contribution in [2.75, 3.05) is 55.1 Å². The van der Waals surface area contributed by atoms with E-state index in [1.807, 2.05) is 42.2 Å². The van der Waals surface area contributed by atoms with Crippen molar-refractivity contribution in [2.45, 2.75) is 58.0 Å². The lowest BCUT2D eigenvalue weighted by Crippen LogP contribution is -2.46. The molecule has 4 N–H and O–H groups in total. The monoisotopic (exact) mass is 741 g/mol. The number of rotatable bonds is 10. The van der Waals surface area contributed by atoms with Crippen LogP contribution in [0.25, 0.3) is 22.2 Å².